The number of benzene rings is 6. The quantitative estimate of drug-likeness (QED) is 0.0342. The number of hydrogen-bond acceptors (Lipinski definition) is 2. The summed E-state index contributed by atoms with van der Waals surface area (Å²) in [5.74, 6) is -2.89. The average molecular weight is 891 g/mol. The van der Waals surface area contributed by atoms with Crippen LogP contribution in [-0.2, 0) is 25.7 Å². The summed E-state index contributed by atoms with van der Waals surface area (Å²) in [5, 5.41) is 0. The van der Waals surface area contributed by atoms with Gasteiger partial charge >= 0.3 is 0 Å². The van der Waals surface area contributed by atoms with Gasteiger partial charge in [-0.25, -0.2) is 26.3 Å². The third kappa shape index (κ3) is 14.1. The highest BCUT2D eigenvalue weighted by molar-refractivity contribution is 5.66. The predicted molar refractivity (Wildman–Crippen MR) is 252 cm³/mol. The van der Waals surface area contributed by atoms with Gasteiger partial charge in [0.15, 0.2) is 23.3 Å². The van der Waals surface area contributed by atoms with Crippen molar-refractivity contribution in [2.75, 3.05) is 13.2 Å². The van der Waals surface area contributed by atoms with E-state index < -0.39 is 23.3 Å². The fraction of sp³-hybridized carbons (Fsp3) is 0.333. The van der Waals surface area contributed by atoms with Gasteiger partial charge in [-0.2, -0.15) is 0 Å². The lowest BCUT2D eigenvalue weighted by Crippen LogP contribution is -2.00. The summed E-state index contributed by atoms with van der Waals surface area (Å²) in [7, 11) is 0. The molecule has 0 saturated heterocycles. The molecule has 0 aliphatic rings. The molecule has 0 unspecified atom stereocenters. The molecule has 6 aromatic rings. The second-order valence-electron chi connectivity index (χ2n) is 17.0. The van der Waals surface area contributed by atoms with E-state index in [0.717, 1.165) is 75.3 Å². The van der Waals surface area contributed by atoms with Crippen LogP contribution >= 0.6 is 0 Å². The van der Waals surface area contributed by atoms with Crippen molar-refractivity contribution in [1.82, 2.24) is 0 Å². The van der Waals surface area contributed by atoms with Crippen LogP contribution in [0.1, 0.15) is 105 Å². The van der Waals surface area contributed by atoms with Crippen LogP contribution in [-0.4, -0.2) is 13.2 Å². The van der Waals surface area contributed by atoms with Crippen LogP contribution in [0.4, 0.5) is 26.3 Å². The van der Waals surface area contributed by atoms with Crippen LogP contribution in [0, 0.1) is 48.8 Å². The number of hydrogen-bond donors (Lipinski definition) is 0. The summed E-state index contributed by atoms with van der Waals surface area (Å²) in [6, 6.07) is 30.9. The van der Waals surface area contributed by atoms with E-state index >= 15 is 0 Å². The van der Waals surface area contributed by atoms with Crippen molar-refractivity contribution in [3.63, 3.8) is 0 Å². The van der Waals surface area contributed by atoms with E-state index in [1.165, 1.54) is 31.6 Å². The zero-order valence-electron chi connectivity index (χ0n) is 37.9. The summed E-state index contributed by atoms with van der Waals surface area (Å²) in [4.78, 5) is 0. The van der Waals surface area contributed by atoms with E-state index in [1.807, 2.05) is 36.4 Å². The van der Waals surface area contributed by atoms with E-state index in [2.05, 4.69) is 13.0 Å². The van der Waals surface area contributed by atoms with Gasteiger partial charge < -0.3 is 9.47 Å². The second kappa shape index (κ2) is 24.5. The summed E-state index contributed by atoms with van der Waals surface area (Å²) >= 11 is 0. The molecule has 0 heterocycles. The van der Waals surface area contributed by atoms with Crippen LogP contribution in [0.25, 0.3) is 22.3 Å². The molecule has 0 aromatic heterocycles. The van der Waals surface area contributed by atoms with Crippen molar-refractivity contribution in [2.45, 2.75) is 111 Å². The topological polar surface area (TPSA) is 18.5 Å². The molecule has 0 bridgehead atoms. The Morgan fingerprint density at radius 1 is 0.431 bits per heavy atom. The van der Waals surface area contributed by atoms with Gasteiger partial charge in [0, 0.05) is 23.3 Å². The summed E-state index contributed by atoms with van der Waals surface area (Å²) in [5.41, 5.74) is 6.84. The molecule has 0 fully saturated rings. The van der Waals surface area contributed by atoms with Crippen molar-refractivity contribution in [3.8, 4) is 33.8 Å². The van der Waals surface area contributed by atoms with Crippen molar-refractivity contribution in [3.05, 3.63) is 189 Å². The molecule has 0 spiro atoms. The third-order valence-electron chi connectivity index (χ3n) is 12.2. The maximum absolute atomic E-state index is 14.9. The fourth-order valence-electron chi connectivity index (χ4n) is 8.05. The molecule has 6 aromatic carbocycles. The molecular formula is C57H60F6O2. The molecular weight excluding hydrogens is 831 g/mol. The van der Waals surface area contributed by atoms with Gasteiger partial charge in [0.2, 0.25) is 0 Å². The molecule has 0 radical (unpaired) electrons. The number of aryl methyl sites for hydroxylation is 6. The standard InChI is InChI=1S/C57H60F6O2/c1-4-41(13-9-5-7-11-35-64-48-31-29-46(52(58)37-48)27-21-42-17-23-44(24-18-42)50-33-15-39(2)54(60)56(50)62)14-10-6-8-12-36-65-49-32-30-47(53(59)38-49)28-22-43-19-25-45(26-20-43)51-34-16-40(3)55(61)57(51)63/h4,15-20,23-26,29-34,37-38H,5-14,21-22,27-28,35-36H2,1-3H3. The monoisotopic (exact) mass is 890 g/mol. The number of rotatable bonds is 24. The Kier molecular flexibility index (Phi) is 18.4. The molecule has 0 aliphatic heterocycles. The van der Waals surface area contributed by atoms with Gasteiger partial charge in [0.05, 0.1) is 13.2 Å². The first-order valence-corrected chi connectivity index (χ1v) is 23.0. The third-order valence-corrected chi connectivity index (χ3v) is 12.2. The van der Waals surface area contributed by atoms with E-state index in [-0.39, 0.29) is 33.9 Å². The van der Waals surface area contributed by atoms with Gasteiger partial charge in [-0.05, 0) is 142 Å². The lowest BCUT2D eigenvalue weighted by molar-refractivity contribution is 0.302. The van der Waals surface area contributed by atoms with Crippen molar-refractivity contribution < 1.29 is 35.8 Å². The van der Waals surface area contributed by atoms with Crippen molar-refractivity contribution in [2.24, 2.45) is 0 Å². The molecule has 0 atom stereocenters. The molecule has 342 valence electrons. The van der Waals surface area contributed by atoms with E-state index in [1.54, 1.807) is 60.7 Å². The van der Waals surface area contributed by atoms with Gasteiger partial charge in [0.1, 0.15) is 23.1 Å². The second-order valence-corrected chi connectivity index (χ2v) is 17.0. The molecule has 0 saturated carbocycles. The van der Waals surface area contributed by atoms with E-state index in [9.17, 15) is 26.3 Å². The zero-order chi connectivity index (χ0) is 46.1. The summed E-state index contributed by atoms with van der Waals surface area (Å²) < 4.78 is 98.4. The Labute approximate surface area is 381 Å². The van der Waals surface area contributed by atoms with Crippen LogP contribution < -0.4 is 9.47 Å². The first-order valence-electron chi connectivity index (χ1n) is 23.0. The first kappa shape index (κ1) is 48.7. The highest BCUT2D eigenvalue weighted by Crippen LogP contribution is 2.29. The van der Waals surface area contributed by atoms with Crippen molar-refractivity contribution >= 4 is 0 Å². The maximum Gasteiger partial charge on any atom is 0.166 e. The molecule has 65 heavy (non-hydrogen) atoms. The minimum atomic E-state index is -0.849. The van der Waals surface area contributed by atoms with Gasteiger partial charge in [-0.1, -0.05) is 122 Å². The van der Waals surface area contributed by atoms with Gasteiger partial charge in [-0.3, -0.25) is 0 Å². The smallest absolute Gasteiger partial charge is 0.166 e. The number of unbranched alkanes of at least 4 members (excludes halogenated alkanes) is 6. The summed E-state index contributed by atoms with van der Waals surface area (Å²) in [6.45, 7) is 6.26. The Morgan fingerprint density at radius 2 is 0.831 bits per heavy atom. The molecule has 0 aliphatic carbocycles. The highest BCUT2D eigenvalue weighted by atomic mass is 19.2. The van der Waals surface area contributed by atoms with Crippen LogP contribution in [0.15, 0.2) is 121 Å². The molecule has 0 N–H and O–H groups in total. The first-order chi connectivity index (χ1) is 31.5. The Balaban J connectivity index is 0.779. The fourth-order valence-corrected chi connectivity index (χ4v) is 8.05. The number of allylic oxidation sites excluding steroid dienone is 2. The van der Waals surface area contributed by atoms with Crippen LogP contribution in [0.3, 0.4) is 0 Å². The minimum Gasteiger partial charge on any atom is -0.493 e. The van der Waals surface area contributed by atoms with Gasteiger partial charge in [-0.15, -0.1) is 0 Å². The van der Waals surface area contributed by atoms with E-state index in [0.29, 0.717) is 72.6 Å². The predicted octanol–water partition coefficient (Wildman–Crippen LogP) is 16.3. The average Bonchev–Trinajstić information content (AvgIpc) is 3.31. The van der Waals surface area contributed by atoms with Gasteiger partial charge in [0.25, 0.3) is 0 Å². The Morgan fingerprint density at radius 3 is 1.22 bits per heavy atom. The largest absolute Gasteiger partial charge is 0.493 e. The SMILES string of the molecule is CC=C(CCCCCCOc1ccc(CCc2ccc(-c3ccc(C)c(F)c3F)cc2)c(F)c1)CCCCCCOc1ccc(CCc2ccc(-c3ccc(C)c(F)c3F)cc2)c(F)c1. The Bertz CT molecular complexity index is 2320. The molecule has 0 amide bonds. The lowest BCUT2D eigenvalue weighted by Gasteiger charge is -2.10. The highest BCUT2D eigenvalue weighted by Gasteiger charge is 2.15. The normalized spacial score (nSPS) is 11.2. The summed E-state index contributed by atoms with van der Waals surface area (Å²) in [6.07, 6.45) is 15.1. The van der Waals surface area contributed by atoms with E-state index in [4.69, 9.17) is 9.47 Å². The molecule has 6 rings (SSSR count). The maximum atomic E-state index is 14.9. The Hall–Kier alpha value is -5.76. The minimum absolute atomic E-state index is 0.223. The van der Waals surface area contributed by atoms with Crippen molar-refractivity contribution in [1.29, 1.82) is 0 Å². The number of ether oxygens (including phenoxy) is 2. The number of halogens is 6. The molecule has 8 heteroatoms. The van der Waals surface area contributed by atoms with Crippen LogP contribution in [0.2, 0.25) is 0 Å². The lowest BCUT2D eigenvalue weighted by atomic mass is 9.99. The molecule has 2 nitrogen and oxygen atoms in total. The zero-order valence-corrected chi connectivity index (χ0v) is 37.9. The van der Waals surface area contributed by atoms with Crippen LogP contribution in [0.5, 0.6) is 11.5 Å².